The molecule has 3 aliphatic rings. The van der Waals surface area contributed by atoms with Crippen molar-refractivity contribution in [1.29, 1.82) is 0 Å². The van der Waals surface area contributed by atoms with Crippen LogP contribution in [0.2, 0.25) is 0 Å². The van der Waals surface area contributed by atoms with Crippen LogP contribution < -0.4 is 4.74 Å². The van der Waals surface area contributed by atoms with Crippen molar-refractivity contribution < 1.29 is 14.3 Å². The molecule has 1 aliphatic carbocycles. The Morgan fingerprint density at radius 2 is 2.12 bits per heavy atom. The van der Waals surface area contributed by atoms with Gasteiger partial charge in [-0.1, -0.05) is 12.1 Å². The molecule has 0 radical (unpaired) electrons. The molecular formula is C21H28N2O3. The van der Waals surface area contributed by atoms with Crippen LogP contribution in [0.5, 0.6) is 5.75 Å². The van der Waals surface area contributed by atoms with E-state index in [2.05, 4.69) is 4.90 Å². The van der Waals surface area contributed by atoms with Crippen molar-refractivity contribution in [3.05, 3.63) is 29.8 Å². The van der Waals surface area contributed by atoms with Crippen molar-refractivity contribution in [3.63, 3.8) is 0 Å². The highest BCUT2D eigenvalue weighted by Gasteiger charge is 2.49. The largest absolute Gasteiger partial charge is 0.484 e. The highest BCUT2D eigenvalue weighted by Crippen LogP contribution is 2.41. The zero-order chi connectivity index (χ0) is 18.1. The van der Waals surface area contributed by atoms with E-state index in [4.69, 9.17) is 4.74 Å². The summed E-state index contributed by atoms with van der Waals surface area (Å²) in [6.07, 6.45) is 5.29. The molecule has 5 nitrogen and oxygen atoms in total. The topological polar surface area (TPSA) is 49.9 Å². The molecule has 2 amide bonds. The Bertz CT molecular complexity index is 700. The first-order valence-corrected chi connectivity index (χ1v) is 9.82. The molecule has 2 saturated heterocycles. The summed E-state index contributed by atoms with van der Waals surface area (Å²) < 4.78 is 5.66. The number of carbonyl (C=O) groups excluding carboxylic acids is 2. The number of nitrogens with zero attached hydrogens (tertiary/aromatic N) is 2. The lowest BCUT2D eigenvalue weighted by atomic mass is 9.78. The minimum absolute atomic E-state index is 0.0181. The number of carbonyl (C=O) groups is 2. The van der Waals surface area contributed by atoms with Gasteiger partial charge in [-0.2, -0.15) is 0 Å². The summed E-state index contributed by atoms with van der Waals surface area (Å²) in [5, 5.41) is 0. The van der Waals surface area contributed by atoms with Gasteiger partial charge in [0.1, 0.15) is 5.75 Å². The molecule has 26 heavy (non-hydrogen) atoms. The Kier molecular flexibility index (Phi) is 4.63. The lowest BCUT2D eigenvalue weighted by Gasteiger charge is -2.39. The monoisotopic (exact) mass is 356 g/mol. The molecule has 140 valence electrons. The molecule has 0 bridgehead atoms. The van der Waals surface area contributed by atoms with Gasteiger partial charge in [-0.05, 0) is 62.6 Å². The summed E-state index contributed by atoms with van der Waals surface area (Å²) in [4.78, 5) is 29.5. The number of benzene rings is 1. The predicted molar refractivity (Wildman–Crippen MR) is 98.8 cm³/mol. The molecule has 1 aromatic carbocycles. The van der Waals surface area contributed by atoms with Crippen molar-refractivity contribution in [3.8, 4) is 5.75 Å². The van der Waals surface area contributed by atoms with E-state index in [1.807, 2.05) is 36.1 Å². The lowest BCUT2D eigenvalue weighted by molar-refractivity contribution is -0.146. The van der Waals surface area contributed by atoms with Crippen molar-refractivity contribution in [1.82, 2.24) is 9.80 Å². The highest BCUT2D eigenvalue weighted by atomic mass is 16.5. The van der Waals surface area contributed by atoms with Crippen LogP contribution in [0, 0.1) is 18.3 Å². The van der Waals surface area contributed by atoms with Crippen LogP contribution in [0.4, 0.5) is 0 Å². The standard InChI is InChI=1S/C21H28N2O3/c1-16-4-2-5-18(12-16)26-14-19(24)23-11-9-21(15-23)8-3-10-22(20(21)25)13-17-6-7-17/h2,4-5,12,17H,3,6-11,13-15H2,1H3/t21-/m0/s1. The van der Waals surface area contributed by atoms with E-state index in [1.165, 1.54) is 12.8 Å². The van der Waals surface area contributed by atoms with E-state index in [-0.39, 0.29) is 23.8 Å². The summed E-state index contributed by atoms with van der Waals surface area (Å²) in [6, 6.07) is 7.72. The molecular weight excluding hydrogens is 328 g/mol. The van der Waals surface area contributed by atoms with Crippen molar-refractivity contribution in [2.45, 2.75) is 39.0 Å². The van der Waals surface area contributed by atoms with Crippen molar-refractivity contribution >= 4 is 11.8 Å². The van der Waals surface area contributed by atoms with Crippen LogP contribution in [0.1, 0.15) is 37.7 Å². The zero-order valence-electron chi connectivity index (χ0n) is 15.6. The van der Waals surface area contributed by atoms with E-state index >= 15 is 0 Å². The minimum Gasteiger partial charge on any atom is -0.484 e. The number of hydrogen-bond donors (Lipinski definition) is 0. The van der Waals surface area contributed by atoms with E-state index < -0.39 is 0 Å². The molecule has 1 atom stereocenters. The highest BCUT2D eigenvalue weighted by molar-refractivity contribution is 5.86. The first-order valence-electron chi connectivity index (χ1n) is 9.82. The molecule has 0 N–H and O–H groups in total. The summed E-state index contributed by atoms with van der Waals surface area (Å²) >= 11 is 0. The maximum atomic E-state index is 13.1. The summed E-state index contributed by atoms with van der Waals surface area (Å²) in [7, 11) is 0. The molecule has 2 aliphatic heterocycles. The number of ether oxygens (including phenoxy) is 1. The van der Waals surface area contributed by atoms with Gasteiger partial charge in [-0.3, -0.25) is 9.59 Å². The quantitative estimate of drug-likeness (QED) is 0.815. The van der Waals surface area contributed by atoms with E-state index in [1.54, 1.807) is 0 Å². The normalized spacial score (nSPS) is 25.8. The zero-order valence-corrected chi connectivity index (χ0v) is 15.6. The van der Waals surface area contributed by atoms with Gasteiger partial charge >= 0.3 is 0 Å². The third-order valence-corrected chi connectivity index (χ3v) is 6.06. The smallest absolute Gasteiger partial charge is 0.260 e. The third-order valence-electron chi connectivity index (χ3n) is 6.06. The lowest BCUT2D eigenvalue weighted by Crippen LogP contribution is -2.51. The summed E-state index contributed by atoms with van der Waals surface area (Å²) in [6.45, 7) is 5.08. The molecule has 0 unspecified atom stereocenters. The Labute approximate surface area is 155 Å². The van der Waals surface area contributed by atoms with Crippen molar-refractivity contribution in [2.24, 2.45) is 11.3 Å². The molecule has 3 fully saturated rings. The average molecular weight is 356 g/mol. The maximum Gasteiger partial charge on any atom is 0.260 e. The third kappa shape index (κ3) is 3.57. The van der Waals surface area contributed by atoms with Gasteiger partial charge in [0.2, 0.25) is 5.91 Å². The fourth-order valence-electron chi connectivity index (χ4n) is 4.34. The number of aryl methyl sites for hydroxylation is 1. The van der Waals surface area contributed by atoms with Gasteiger partial charge in [0, 0.05) is 26.2 Å². The molecule has 0 aromatic heterocycles. The van der Waals surface area contributed by atoms with Gasteiger partial charge < -0.3 is 14.5 Å². The van der Waals surface area contributed by atoms with E-state index in [0.717, 1.165) is 49.6 Å². The van der Waals surface area contributed by atoms with Gasteiger partial charge in [0.05, 0.1) is 5.41 Å². The fourth-order valence-corrected chi connectivity index (χ4v) is 4.34. The number of amides is 2. The summed E-state index contributed by atoms with van der Waals surface area (Å²) in [5.74, 6) is 1.70. The SMILES string of the molecule is Cc1cccc(OCC(=O)N2CC[C@@]3(CCCN(CC4CC4)C3=O)C2)c1. The number of hydrogen-bond acceptors (Lipinski definition) is 3. The second-order valence-electron chi connectivity index (χ2n) is 8.25. The first-order chi connectivity index (χ1) is 12.6. The van der Waals surface area contributed by atoms with Crippen LogP contribution in [-0.2, 0) is 9.59 Å². The number of rotatable bonds is 5. The number of piperidine rings is 1. The van der Waals surface area contributed by atoms with Crippen LogP contribution in [-0.4, -0.2) is 54.4 Å². The number of likely N-dealkylation sites (tertiary alicyclic amines) is 2. The Morgan fingerprint density at radius 3 is 2.88 bits per heavy atom. The minimum atomic E-state index is -0.341. The van der Waals surface area contributed by atoms with E-state index in [9.17, 15) is 9.59 Å². The second kappa shape index (κ2) is 6.93. The van der Waals surface area contributed by atoms with Crippen molar-refractivity contribution in [2.75, 3.05) is 32.8 Å². The first kappa shape index (κ1) is 17.4. The van der Waals surface area contributed by atoms with Gasteiger partial charge in [-0.15, -0.1) is 0 Å². The average Bonchev–Trinajstić information content (AvgIpc) is 3.35. The Morgan fingerprint density at radius 1 is 1.27 bits per heavy atom. The molecule has 1 saturated carbocycles. The fraction of sp³-hybridized carbons (Fsp3) is 0.619. The van der Waals surface area contributed by atoms with Gasteiger partial charge in [0.25, 0.3) is 5.91 Å². The molecule has 1 spiro atoms. The predicted octanol–water partition coefficient (Wildman–Crippen LogP) is 2.62. The van der Waals surface area contributed by atoms with Crippen LogP contribution in [0.15, 0.2) is 24.3 Å². The Hall–Kier alpha value is -2.04. The molecule has 1 aromatic rings. The maximum absolute atomic E-state index is 13.1. The van der Waals surface area contributed by atoms with E-state index in [0.29, 0.717) is 13.1 Å². The molecule has 4 rings (SSSR count). The van der Waals surface area contributed by atoms with Crippen LogP contribution >= 0.6 is 0 Å². The second-order valence-corrected chi connectivity index (χ2v) is 8.25. The van der Waals surface area contributed by atoms with Gasteiger partial charge in [0.15, 0.2) is 6.61 Å². The molecule has 5 heteroatoms. The summed E-state index contributed by atoms with van der Waals surface area (Å²) in [5.41, 5.74) is 0.769. The van der Waals surface area contributed by atoms with Crippen LogP contribution in [0.3, 0.4) is 0 Å². The Balaban J connectivity index is 1.34. The van der Waals surface area contributed by atoms with Gasteiger partial charge in [-0.25, -0.2) is 0 Å². The molecule has 2 heterocycles. The van der Waals surface area contributed by atoms with Crippen LogP contribution in [0.25, 0.3) is 0 Å².